The molecule has 0 bridgehead atoms. The van der Waals surface area contributed by atoms with Crippen LogP contribution in [-0.2, 0) is 6.54 Å². The van der Waals surface area contributed by atoms with E-state index < -0.39 is 0 Å². The number of hydrogen-bond donors (Lipinski definition) is 1. The summed E-state index contributed by atoms with van der Waals surface area (Å²) >= 11 is 1.41. The summed E-state index contributed by atoms with van der Waals surface area (Å²) in [5.74, 6) is 0. The van der Waals surface area contributed by atoms with Crippen molar-refractivity contribution in [2.75, 3.05) is 30.4 Å². The molecule has 0 aliphatic rings. The standard InChI is InChI=1S/C12H18N6OS/c1-4-17(5-2)9-6-11(19)18(14-7-9)8-10-15-16-12(13-3)20-10/h6-7H,4-5,8H2,1-3H3,(H,13,16). The van der Waals surface area contributed by atoms with Crippen LogP contribution in [0.3, 0.4) is 0 Å². The molecule has 0 saturated heterocycles. The molecule has 0 saturated carbocycles. The van der Waals surface area contributed by atoms with Gasteiger partial charge < -0.3 is 10.2 Å². The number of nitrogens with one attached hydrogen (secondary N) is 1. The fraction of sp³-hybridized carbons (Fsp3) is 0.500. The van der Waals surface area contributed by atoms with Crippen LogP contribution in [0.5, 0.6) is 0 Å². The van der Waals surface area contributed by atoms with Crippen LogP contribution in [0, 0.1) is 0 Å². The largest absolute Gasteiger partial charge is 0.371 e. The van der Waals surface area contributed by atoms with Gasteiger partial charge >= 0.3 is 0 Å². The maximum absolute atomic E-state index is 12.1. The molecule has 8 heteroatoms. The van der Waals surface area contributed by atoms with E-state index in [2.05, 4.69) is 39.4 Å². The summed E-state index contributed by atoms with van der Waals surface area (Å²) < 4.78 is 1.40. The van der Waals surface area contributed by atoms with E-state index in [1.807, 2.05) is 0 Å². The molecular formula is C12H18N6OS. The molecular weight excluding hydrogens is 276 g/mol. The van der Waals surface area contributed by atoms with Crippen LogP contribution in [-0.4, -0.2) is 40.1 Å². The monoisotopic (exact) mass is 294 g/mol. The Morgan fingerprint density at radius 2 is 2.10 bits per heavy atom. The van der Waals surface area contributed by atoms with Gasteiger partial charge in [-0.1, -0.05) is 11.3 Å². The number of rotatable bonds is 6. The van der Waals surface area contributed by atoms with E-state index in [1.165, 1.54) is 16.0 Å². The van der Waals surface area contributed by atoms with Gasteiger partial charge in [-0.3, -0.25) is 4.79 Å². The molecule has 108 valence electrons. The van der Waals surface area contributed by atoms with Crippen LogP contribution in [0.25, 0.3) is 0 Å². The van der Waals surface area contributed by atoms with Crippen molar-refractivity contribution in [3.05, 3.63) is 27.6 Å². The van der Waals surface area contributed by atoms with E-state index in [4.69, 9.17) is 0 Å². The summed E-state index contributed by atoms with van der Waals surface area (Å²) in [5.41, 5.74) is 0.722. The number of aromatic nitrogens is 4. The van der Waals surface area contributed by atoms with Gasteiger partial charge in [-0.05, 0) is 13.8 Å². The summed E-state index contributed by atoms with van der Waals surface area (Å²) in [6, 6.07) is 1.61. The summed E-state index contributed by atoms with van der Waals surface area (Å²) in [5, 5.41) is 16.6. The lowest BCUT2D eigenvalue weighted by molar-refractivity contribution is 0.630. The Morgan fingerprint density at radius 3 is 2.65 bits per heavy atom. The van der Waals surface area contributed by atoms with Gasteiger partial charge in [0.25, 0.3) is 5.56 Å². The van der Waals surface area contributed by atoms with Crippen molar-refractivity contribution in [2.24, 2.45) is 0 Å². The Hall–Kier alpha value is -1.96. The van der Waals surface area contributed by atoms with E-state index in [0.717, 1.165) is 28.9 Å². The van der Waals surface area contributed by atoms with Crippen molar-refractivity contribution >= 4 is 22.2 Å². The van der Waals surface area contributed by atoms with Crippen molar-refractivity contribution < 1.29 is 0 Å². The maximum atomic E-state index is 12.1. The van der Waals surface area contributed by atoms with Gasteiger partial charge in [0.1, 0.15) is 5.01 Å². The minimum atomic E-state index is -0.129. The predicted octanol–water partition coefficient (Wildman–Crippen LogP) is 1.03. The highest BCUT2D eigenvalue weighted by Gasteiger charge is 2.08. The minimum absolute atomic E-state index is 0.129. The third-order valence-corrected chi connectivity index (χ3v) is 3.87. The van der Waals surface area contributed by atoms with E-state index >= 15 is 0 Å². The fourth-order valence-corrected chi connectivity index (χ4v) is 2.53. The number of nitrogens with zero attached hydrogens (tertiary/aromatic N) is 5. The van der Waals surface area contributed by atoms with Crippen LogP contribution in [0.1, 0.15) is 18.9 Å². The van der Waals surface area contributed by atoms with Crippen LogP contribution >= 0.6 is 11.3 Å². The molecule has 0 radical (unpaired) electrons. The fourth-order valence-electron chi connectivity index (χ4n) is 1.85. The van der Waals surface area contributed by atoms with Crippen LogP contribution in [0.2, 0.25) is 0 Å². The lowest BCUT2D eigenvalue weighted by atomic mass is 10.4. The van der Waals surface area contributed by atoms with Crippen molar-refractivity contribution in [2.45, 2.75) is 20.4 Å². The average Bonchev–Trinajstić information content (AvgIpc) is 2.91. The molecule has 2 aromatic rings. The molecule has 0 aliphatic carbocycles. The zero-order valence-electron chi connectivity index (χ0n) is 11.8. The second-order valence-electron chi connectivity index (χ2n) is 4.13. The molecule has 0 aliphatic heterocycles. The van der Waals surface area contributed by atoms with E-state index in [0.29, 0.717) is 6.54 Å². The third kappa shape index (κ3) is 3.13. The van der Waals surface area contributed by atoms with Crippen molar-refractivity contribution in [1.29, 1.82) is 0 Å². The Balaban J connectivity index is 2.19. The molecule has 2 heterocycles. The first kappa shape index (κ1) is 14.4. The third-order valence-electron chi connectivity index (χ3n) is 2.95. The summed E-state index contributed by atoms with van der Waals surface area (Å²) in [4.78, 5) is 14.2. The SMILES string of the molecule is CCN(CC)c1cnn(Cc2nnc(NC)s2)c(=O)c1. The summed E-state index contributed by atoms with van der Waals surface area (Å²) in [6.07, 6.45) is 1.72. The van der Waals surface area contributed by atoms with Gasteiger partial charge in [-0.25, -0.2) is 4.68 Å². The van der Waals surface area contributed by atoms with Gasteiger partial charge in [-0.2, -0.15) is 5.10 Å². The highest BCUT2D eigenvalue weighted by atomic mass is 32.1. The van der Waals surface area contributed by atoms with E-state index in [1.54, 1.807) is 19.3 Å². The first-order valence-corrected chi connectivity index (χ1v) is 7.31. The smallest absolute Gasteiger partial charge is 0.269 e. The second-order valence-corrected chi connectivity index (χ2v) is 5.19. The molecule has 7 nitrogen and oxygen atoms in total. The van der Waals surface area contributed by atoms with Crippen LogP contribution in [0.4, 0.5) is 10.8 Å². The highest BCUT2D eigenvalue weighted by Crippen LogP contribution is 2.15. The Bertz CT molecular complexity index is 618. The summed E-state index contributed by atoms with van der Waals surface area (Å²) in [7, 11) is 1.79. The van der Waals surface area contributed by atoms with Gasteiger partial charge in [0.2, 0.25) is 5.13 Å². The maximum Gasteiger partial charge on any atom is 0.269 e. The molecule has 0 spiro atoms. The average molecular weight is 294 g/mol. The zero-order chi connectivity index (χ0) is 14.5. The molecule has 0 fully saturated rings. The molecule has 2 rings (SSSR count). The molecule has 2 aromatic heterocycles. The number of hydrogen-bond acceptors (Lipinski definition) is 7. The van der Waals surface area contributed by atoms with Crippen LogP contribution in [0.15, 0.2) is 17.1 Å². The van der Waals surface area contributed by atoms with E-state index in [-0.39, 0.29) is 5.56 Å². The minimum Gasteiger partial charge on any atom is -0.371 e. The highest BCUT2D eigenvalue weighted by molar-refractivity contribution is 7.15. The zero-order valence-corrected chi connectivity index (χ0v) is 12.6. The molecule has 0 aromatic carbocycles. The lowest BCUT2D eigenvalue weighted by Gasteiger charge is -2.20. The van der Waals surface area contributed by atoms with Crippen molar-refractivity contribution in [3.8, 4) is 0 Å². The Kier molecular flexibility index (Phi) is 4.67. The molecule has 0 unspecified atom stereocenters. The van der Waals surface area contributed by atoms with Gasteiger partial charge in [-0.15, -0.1) is 10.2 Å². The molecule has 0 atom stereocenters. The van der Waals surface area contributed by atoms with Gasteiger partial charge in [0.05, 0.1) is 18.4 Å². The number of anilines is 2. The van der Waals surface area contributed by atoms with Gasteiger partial charge in [0.15, 0.2) is 0 Å². The normalized spacial score (nSPS) is 10.6. The lowest BCUT2D eigenvalue weighted by Crippen LogP contribution is -2.28. The predicted molar refractivity (Wildman–Crippen MR) is 80.6 cm³/mol. The second kappa shape index (κ2) is 6.47. The quantitative estimate of drug-likeness (QED) is 0.857. The molecule has 20 heavy (non-hydrogen) atoms. The topological polar surface area (TPSA) is 75.9 Å². The van der Waals surface area contributed by atoms with E-state index in [9.17, 15) is 4.79 Å². The molecule has 1 N–H and O–H groups in total. The van der Waals surface area contributed by atoms with Crippen molar-refractivity contribution in [1.82, 2.24) is 20.0 Å². The van der Waals surface area contributed by atoms with Crippen molar-refractivity contribution in [3.63, 3.8) is 0 Å². The first-order valence-electron chi connectivity index (χ1n) is 6.50. The Morgan fingerprint density at radius 1 is 1.35 bits per heavy atom. The summed E-state index contributed by atoms with van der Waals surface area (Å²) in [6.45, 7) is 6.15. The molecule has 0 amide bonds. The van der Waals surface area contributed by atoms with Crippen LogP contribution < -0.4 is 15.8 Å². The van der Waals surface area contributed by atoms with Gasteiger partial charge in [0, 0.05) is 26.2 Å². The Labute approximate surface area is 121 Å². The first-order chi connectivity index (χ1) is 9.67.